The number of hydrogen-bond acceptors (Lipinski definition) is 5. The molecule has 0 saturated heterocycles. The molecule has 0 unspecified atom stereocenters. The topological polar surface area (TPSA) is 81.9 Å². The van der Waals surface area contributed by atoms with Crippen LogP contribution in [0, 0.1) is 0 Å². The van der Waals surface area contributed by atoms with Crippen LogP contribution >= 0.6 is 0 Å². The predicted octanol–water partition coefficient (Wildman–Crippen LogP) is 4.26. The molecule has 8 heteroatoms. The third-order valence-corrected chi connectivity index (χ3v) is 11.0. The highest BCUT2D eigenvalue weighted by molar-refractivity contribution is 7.86. The van der Waals surface area contributed by atoms with E-state index in [0.717, 1.165) is 111 Å². The lowest BCUT2D eigenvalue weighted by Crippen LogP contribution is -2.45. The molecule has 230 valence electrons. The third kappa shape index (κ3) is 4.60. The van der Waals surface area contributed by atoms with Crippen LogP contribution in [0.1, 0.15) is 85.4 Å². The minimum Gasteiger partial charge on any atom is -0.455 e. The minimum atomic E-state index is -4.53. The Balaban J connectivity index is 1.47. The zero-order valence-electron chi connectivity index (χ0n) is 26.1. The smallest absolute Gasteiger partial charge is 0.295 e. The van der Waals surface area contributed by atoms with E-state index < -0.39 is 10.1 Å². The van der Waals surface area contributed by atoms with Gasteiger partial charge in [0.25, 0.3) is 10.1 Å². The SMILES string of the molecule is CC(C)(C)NCc1ccc(C2=c3cc4c5c(c3Oc3c2cc2c6c3CCCN6CCC2)CCC[N+]=5CCC4)c(S(=O)(=O)O)c1. The largest absolute Gasteiger partial charge is 0.455 e. The van der Waals surface area contributed by atoms with Gasteiger partial charge in [0, 0.05) is 76.7 Å². The van der Waals surface area contributed by atoms with E-state index in [4.69, 9.17) is 4.74 Å². The molecule has 0 radical (unpaired) electrons. The molecule has 0 saturated carbocycles. The molecule has 8 rings (SSSR count). The predicted molar refractivity (Wildman–Crippen MR) is 173 cm³/mol. The van der Waals surface area contributed by atoms with E-state index >= 15 is 0 Å². The van der Waals surface area contributed by atoms with Crippen molar-refractivity contribution in [3.63, 3.8) is 0 Å². The molecule has 0 aliphatic carbocycles. The number of aryl methyl sites for hydroxylation is 2. The van der Waals surface area contributed by atoms with E-state index in [9.17, 15) is 13.0 Å². The van der Waals surface area contributed by atoms with Gasteiger partial charge in [-0.15, -0.1) is 0 Å². The van der Waals surface area contributed by atoms with Gasteiger partial charge in [-0.05, 0) is 88.6 Å². The number of hydrogen-bond donors (Lipinski definition) is 2. The van der Waals surface area contributed by atoms with Crippen molar-refractivity contribution < 1.29 is 17.7 Å². The monoisotopic (exact) mass is 612 g/mol. The maximum Gasteiger partial charge on any atom is 0.295 e. The number of anilines is 1. The number of ether oxygens (including phenoxy) is 1. The summed E-state index contributed by atoms with van der Waals surface area (Å²) in [5, 5.41) is 5.74. The molecule has 5 aliphatic rings. The van der Waals surface area contributed by atoms with Crippen LogP contribution in [0.5, 0.6) is 11.5 Å². The molecule has 0 fully saturated rings. The van der Waals surface area contributed by atoms with Gasteiger partial charge < -0.3 is 15.0 Å². The molecule has 0 atom stereocenters. The van der Waals surface area contributed by atoms with Gasteiger partial charge in [0.05, 0.1) is 5.56 Å². The van der Waals surface area contributed by atoms with Crippen LogP contribution in [0.15, 0.2) is 35.2 Å². The van der Waals surface area contributed by atoms with E-state index in [1.807, 2.05) is 12.1 Å². The first-order valence-electron chi connectivity index (χ1n) is 16.4. The quantitative estimate of drug-likeness (QED) is 0.265. The lowest BCUT2D eigenvalue weighted by Gasteiger charge is -2.39. The maximum atomic E-state index is 13.2. The lowest BCUT2D eigenvalue weighted by molar-refractivity contribution is 0.424. The van der Waals surface area contributed by atoms with Crippen molar-refractivity contribution in [1.29, 1.82) is 0 Å². The van der Waals surface area contributed by atoms with Crippen LogP contribution in [0.4, 0.5) is 5.69 Å². The fourth-order valence-electron chi connectivity index (χ4n) is 8.27. The highest BCUT2D eigenvalue weighted by atomic mass is 32.2. The van der Waals surface area contributed by atoms with Crippen molar-refractivity contribution in [3.8, 4) is 11.5 Å². The van der Waals surface area contributed by atoms with Gasteiger partial charge in [-0.1, -0.05) is 12.1 Å². The van der Waals surface area contributed by atoms with E-state index in [1.165, 1.54) is 33.3 Å². The van der Waals surface area contributed by atoms with Crippen molar-refractivity contribution in [2.45, 2.75) is 89.1 Å². The molecule has 0 aromatic heterocycles. The van der Waals surface area contributed by atoms with Crippen LogP contribution in [-0.2, 0) is 42.3 Å². The summed E-state index contributed by atoms with van der Waals surface area (Å²) in [6.07, 6.45) is 8.25. The molecule has 0 amide bonds. The first kappa shape index (κ1) is 28.3. The van der Waals surface area contributed by atoms with Crippen molar-refractivity contribution in [1.82, 2.24) is 9.89 Å². The molecule has 2 N–H and O–H groups in total. The highest BCUT2D eigenvalue weighted by Crippen LogP contribution is 2.49. The molecular formula is C36H42N3O4S+. The summed E-state index contributed by atoms with van der Waals surface area (Å²) >= 11 is 0. The number of benzene rings is 3. The second-order valence-electron chi connectivity index (χ2n) is 14.3. The van der Waals surface area contributed by atoms with Gasteiger partial charge in [-0.2, -0.15) is 8.42 Å². The van der Waals surface area contributed by atoms with Gasteiger partial charge >= 0.3 is 0 Å². The van der Waals surface area contributed by atoms with E-state index in [0.29, 0.717) is 12.1 Å². The summed E-state index contributed by atoms with van der Waals surface area (Å²) < 4.78 is 46.7. The van der Waals surface area contributed by atoms with E-state index in [-0.39, 0.29) is 10.4 Å². The normalized spacial score (nSPS) is 18.7. The second kappa shape index (κ2) is 10.2. The van der Waals surface area contributed by atoms with Crippen molar-refractivity contribution >= 4 is 21.4 Å². The minimum absolute atomic E-state index is 0.0412. The molecule has 5 aliphatic heterocycles. The summed E-state index contributed by atoms with van der Waals surface area (Å²) in [6, 6.07) is 10.1. The lowest BCUT2D eigenvalue weighted by atomic mass is 9.82. The van der Waals surface area contributed by atoms with Crippen molar-refractivity contribution in [3.05, 3.63) is 79.9 Å². The number of nitrogens with one attached hydrogen (secondary N) is 1. The fourth-order valence-corrected chi connectivity index (χ4v) is 9.02. The highest BCUT2D eigenvalue weighted by Gasteiger charge is 2.36. The van der Waals surface area contributed by atoms with Gasteiger partial charge in [0.15, 0.2) is 0 Å². The molecular weight excluding hydrogens is 570 g/mol. The van der Waals surface area contributed by atoms with Crippen LogP contribution in [-0.4, -0.2) is 44.7 Å². The Hall–Kier alpha value is -3.20. The van der Waals surface area contributed by atoms with Crippen molar-refractivity contribution in [2.24, 2.45) is 0 Å². The van der Waals surface area contributed by atoms with Crippen LogP contribution in [0.3, 0.4) is 0 Å². The van der Waals surface area contributed by atoms with Crippen molar-refractivity contribution in [2.75, 3.05) is 31.1 Å². The average Bonchev–Trinajstić information content (AvgIpc) is 2.99. The standard InChI is InChI=1S/C36H41N3O4S/c1-36(2,3)37-21-22-12-13-25(30(18-22)44(40,41)42)31-28-19-23-8-4-14-38-16-6-10-26(32(23)38)34(28)43-35-27-11-7-17-39-15-5-9-24(33(27)39)20-29(31)35/h12-13,18-20,37H,4-11,14-17,21H2,1-3H3/p+1. The van der Waals surface area contributed by atoms with E-state index in [1.54, 1.807) is 6.07 Å². The summed E-state index contributed by atoms with van der Waals surface area (Å²) in [5.41, 5.74) is 9.53. The van der Waals surface area contributed by atoms with Gasteiger partial charge in [0.2, 0.25) is 5.36 Å². The number of nitrogens with zero attached hydrogens (tertiary/aromatic N) is 2. The summed E-state index contributed by atoms with van der Waals surface area (Å²) in [4.78, 5) is 2.48. The summed E-state index contributed by atoms with van der Waals surface area (Å²) in [6.45, 7) is 11.0. The van der Waals surface area contributed by atoms with Crippen LogP contribution < -0.4 is 30.1 Å². The van der Waals surface area contributed by atoms with Crippen LogP contribution in [0.2, 0.25) is 0 Å². The first-order valence-corrected chi connectivity index (χ1v) is 17.8. The van der Waals surface area contributed by atoms with Gasteiger partial charge in [-0.3, -0.25) is 4.55 Å². The third-order valence-electron chi connectivity index (χ3n) is 10.1. The number of fused-ring (bicyclic) bond motifs is 4. The molecule has 0 spiro atoms. The molecule has 44 heavy (non-hydrogen) atoms. The number of rotatable bonds is 4. The Morgan fingerprint density at radius 2 is 1.61 bits per heavy atom. The van der Waals surface area contributed by atoms with Gasteiger partial charge in [0.1, 0.15) is 29.5 Å². The zero-order chi connectivity index (χ0) is 30.4. The molecule has 0 bridgehead atoms. The fraction of sp³-hybridized carbons (Fsp3) is 0.472. The average molecular weight is 613 g/mol. The van der Waals surface area contributed by atoms with Gasteiger partial charge in [-0.25, -0.2) is 4.58 Å². The Bertz CT molecular complexity index is 1970. The Morgan fingerprint density at radius 3 is 2.39 bits per heavy atom. The Morgan fingerprint density at radius 1 is 0.886 bits per heavy atom. The van der Waals surface area contributed by atoms with E-state index in [2.05, 4.69) is 47.7 Å². The molecule has 5 heterocycles. The van der Waals surface area contributed by atoms with Crippen LogP contribution in [0.25, 0.3) is 5.57 Å². The molecule has 3 aromatic rings. The molecule has 3 aromatic carbocycles. The second-order valence-corrected chi connectivity index (χ2v) is 15.6. The Labute approximate surface area is 260 Å². The zero-order valence-corrected chi connectivity index (χ0v) is 26.9. The maximum absolute atomic E-state index is 13.2. The molecule has 7 nitrogen and oxygen atoms in total. The first-order chi connectivity index (χ1) is 21.1. The Kier molecular flexibility index (Phi) is 6.53. The summed E-state index contributed by atoms with van der Waals surface area (Å²) in [7, 11) is -4.53. The summed E-state index contributed by atoms with van der Waals surface area (Å²) in [5.74, 6) is 1.75.